The molecule has 31 heavy (non-hydrogen) atoms. The number of methoxy groups -OCH3 is 2. The van der Waals surface area contributed by atoms with Gasteiger partial charge in [0.15, 0.2) is 5.69 Å². The molecule has 0 spiro atoms. The Bertz CT molecular complexity index is 1210. The third-order valence-corrected chi connectivity index (χ3v) is 6.36. The Hall–Kier alpha value is -3.14. The van der Waals surface area contributed by atoms with Crippen molar-refractivity contribution in [1.29, 1.82) is 0 Å². The first-order valence-corrected chi connectivity index (χ1v) is 10.5. The van der Waals surface area contributed by atoms with Crippen LogP contribution in [0.15, 0.2) is 38.3 Å². The van der Waals surface area contributed by atoms with E-state index in [9.17, 15) is 14.7 Å². The minimum Gasteiger partial charge on any atom is -0.497 e. The van der Waals surface area contributed by atoms with Crippen LogP contribution < -0.4 is 4.74 Å². The molecular formula is C21H22N4O5S. The average Bonchev–Trinajstić information content (AvgIpc) is 3.20. The van der Waals surface area contributed by atoms with E-state index in [1.165, 1.54) is 7.11 Å². The highest BCUT2D eigenvalue weighted by Gasteiger charge is 2.37. The summed E-state index contributed by atoms with van der Waals surface area (Å²) in [6.45, 7) is 6.28. The zero-order chi connectivity index (χ0) is 22.5. The molecule has 2 aliphatic heterocycles. The number of azo groups is 1. The van der Waals surface area contributed by atoms with Gasteiger partial charge in [-0.2, -0.15) is 4.99 Å². The van der Waals surface area contributed by atoms with Gasteiger partial charge in [-0.3, -0.25) is 4.79 Å². The van der Waals surface area contributed by atoms with E-state index in [1.807, 2.05) is 16.7 Å². The molecule has 9 nitrogen and oxygen atoms in total. The molecule has 1 unspecified atom stereocenters. The predicted octanol–water partition coefficient (Wildman–Crippen LogP) is 4.37. The van der Waals surface area contributed by atoms with Crippen molar-refractivity contribution in [2.75, 3.05) is 14.2 Å². The lowest BCUT2D eigenvalue weighted by Gasteiger charge is -2.36. The van der Waals surface area contributed by atoms with E-state index < -0.39 is 11.9 Å². The number of hydrogen-bond donors (Lipinski definition) is 1. The van der Waals surface area contributed by atoms with Crippen molar-refractivity contribution in [1.82, 2.24) is 4.57 Å². The number of carbonyl (C=O) groups excluding carboxylic acids is 2. The molecule has 1 aromatic heterocycles. The third kappa shape index (κ3) is 3.50. The molecule has 162 valence electrons. The number of aromatic nitrogens is 1. The molecule has 3 heterocycles. The van der Waals surface area contributed by atoms with Crippen LogP contribution in [0.1, 0.15) is 38.7 Å². The summed E-state index contributed by atoms with van der Waals surface area (Å²) in [4.78, 5) is 27.3. The van der Waals surface area contributed by atoms with E-state index in [1.54, 1.807) is 7.11 Å². The number of benzene rings is 1. The molecule has 2 aliphatic rings. The number of hydrogen-bond acceptors (Lipinski definition) is 8. The Morgan fingerprint density at radius 2 is 2.10 bits per heavy atom. The molecule has 1 amide bonds. The quantitative estimate of drug-likeness (QED) is 0.429. The number of carbonyl (C=O) groups is 2. The van der Waals surface area contributed by atoms with Gasteiger partial charge in [0.25, 0.3) is 5.91 Å². The molecular weight excluding hydrogens is 420 g/mol. The summed E-state index contributed by atoms with van der Waals surface area (Å²) < 4.78 is 11.9. The Kier molecular flexibility index (Phi) is 5.12. The molecule has 0 bridgehead atoms. The number of ether oxygens (including phenoxy) is 2. The van der Waals surface area contributed by atoms with Gasteiger partial charge in [0.2, 0.25) is 11.0 Å². The molecule has 0 saturated carbocycles. The lowest BCUT2D eigenvalue weighted by molar-refractivity contribution is -0.135. The molecule has 1 atom stereocenters. The Morgan fingerprint density at radius 1 is 1.35 bits per heavy atom. The summed E-state index contributed by atoms with van der Waals surface area (Å²) >= 11 is 0.916. The Morgan fingerprint density at radius 3 is 2.77 bits per heavy atom. The molecule has 1 N–H and O–H groups in total. The highest BCUT2D eigenvalue weighted by atomic mass is 32.2. The monoisotopic (exact) mass is 442 g/mol. The van der Waals surface area contributed by atoms with Gasteiger partial charge < -0.3 is 19.1 Å². The Balaban J connectivity index is 1.81. The Labute approximate surface area is 182 Å². The highest BCUT2D eigenvalue weighted by molar-refractivity contribution is 8.18. The van der Waals surface area contributed by atoms with E-state index in [-0.39, 0.29) is 33.1 Å². The van der Waals surface area contributed by atoms with Crippen molar-refractivity contribution in [2.45, 2.75) is 38.6 Å². The maximum atomic E-state index is 12.0. The van der Waals surface area contributed by atoms with E-state index in [4.69, 9.17) is 4.74 Å². The van der Waals surface area contributed by atoms with Crippen molar-refractivity contribution >= 4 is 45.4 Å². The van der Waals surface area contributed by atoms with Crippen molar-refractivity contribution < 1.29 is 24.2 Å². The topological polar surface area (TPSA) is 115 Å². The number of nitrogens with zero attached hydrogens (tertiary/aromatic N) is 4. The number of amides is 1. The van der Waals surface area contributed by atoms with Gasteiger partial charge >= 0.3 is 5.97 Å². The van der Waals surface area contributed by atoms with Gasteiger partial charge in [0, 0.05) is 17.0 Å². The second-order valence-electron chi connectivity index (χ2n) is 8.07. The zero-order valence-electron chi connectivity index (χ0n) is 17.8. The van der Waals surface area contributed by atoms with Gasteiger partial charge in [0.1, 0.15) is 5.75 Å². The molecule has 4 rings (SSSR count). The summed E-state index contributed by atoms with van der Waals surface area (Å²) in [5.74, 6) is -0.330. The first-order valence-electron chi connectivity index (χ1n) is 9.64. The van der Waals surface area contributed by atoms with Crippen LogP contribution in [0.2, 0.25) is 0 Å². The van der Waals surface area contributed by atoms with Crippen molar-refractivity contribution in [2.24, 2.45) is 15.2 Å². The largest absolute Gasteiger partial charge is 0.497 e. The molecule has 2 aromatic rings. The zero-order valence-corrected chi connectivity index (χ0v) is 18.6. The smallest absolute Gasteiger partial charge is 0.331 e. The van der Waals surface area contributed by atoms with Crippen molar-refractivity contribution in [3.05, 3.63) is 28.7 Å². The molecule has 0 radical (unpaired) electrons. The predicted molar refractivity (Wildman–Crippen MR) is 117 cm³/mol. The van der Waals surface area contributed by atoms with E-state index in [0.717, 1.165) is 35.3 Å². The molecule has 0 fully saturated rings. The van der Waals surface area contributed by atoms with Crippen LogP contribution >= 0.6 is 11.8 Å². The van der Waals surface area contributed by atoms with E-state index in [0.29, 0.717) is 11.1 Å². The van der Waals surface area contributed by atoms with Gasteiger partial charge in [-0.1, -0.05) is 6.92 Å². The fourth-order valence-corrected chi connectivity index (χ4v) is 4.92. The maximum Gasteiger partial charge on any atom is 0.331 e. The summed E-state index contributed by atoms with van der Waals surface area (Å²) in [6, 6.07) is 3.80. The molecule has 0 aliphatic carbocycles. The fraction of sp³-hybridized carbons (Fsp3) is 0.381. The first kappa shape index (κ1) is 21.1. The van der Waals surface area contributed by atoms with Crippen molar-refractivity contribution in [3.63, 3.8) is 0 Å². The van der Waals surface area contributed by atoms with Crippen LogP contribution in [-0.4, -0.2) is 40.9 Å². The summed E-state index contributed by atoms with van der Waals surface area (Å²) in [5.41, 5.74) is 1.90. The summed E-state index contributed by atoms with van der Waals surface area (Å²) in [6.07, 6.45) is 1.89. The van der Waals surface area contributed by atoms with Gasteiger partial charge in [-0.05, 0) is 55.6 Å². The van der Waals surface area contributed by atoms with Crippen LogP contribution in [0, 0.1) is 0 Å². The standard InChI is InChI=1S/C21H22N4O5S/c1-10-9-21(2,3)25-17-12(10)6-11(29-4)7-13(17)16(19(25)28)23-24-20-22-18(27)14(31-20)8-15(26)30-5/h6-8,10,28H,9H2,1-5H3. The van der Waals surface area contributed by atoms with Gasteiger partial charge in [-0.15, -0.1) is 10.2 Å². The van der Waals surface area contributed by atoms with E-state index >= 15 is 0 Å². The third-order valence-electron chi connectivity index (χ3n) is 5.49. The SMILES string of the molecule is COC(=O)C=C1SC(N=Nc2c(O)n3c4c(cc(OC)cc24)C(C)CC3(C)C)=NC1=O. The summed E-state index contributed by atoms with van der Waals surface area (Å²) in [5, 5.41) is 20.2. The molecule has 0 saturated heterocycles. The lowest BCUT2D eigenvalue weighted by atomic mass is 9.82. The fourth-order valence-electron chi connectivity index (χ4n) is 4.22. The number of aromatic hydroxyl groups is 1. The van der Waals surface area contributed by atoms with Gasteiger partial charge in [0.05, 0.1) is 24.6 Å². The van der Waals surface area contributed by atoms with Crippen LogP contribution in [0.25, 0.3) is 10.9 Å². The number of amidine groups is 1. The first-order chi connectivity index (χ1) is 14.7. The maximum absolute atomic E-state index is 12.0. The molecule has 1 aromatic carbocycles. The normalized spacial score (nSPS) is 21.2. The van der Waals surface area contributed by atoms with Crippen LogP contribution in [0.4, 0.5) is 5.69 Å². The van der Waals surface area contributed by atoms with Gasteiger partial charge in [-0.25, -0.2) is 4.79 Å². The average molecular weight is 442 g/mol. The number of thioether (sulfide) groups is 1. The highest BCUT2D eigenvalue weighted by Crippen LogP contribution is 2.51. The van der Waals surface area contributed by atoms with E-state index in [2.05, 4.69) is 40.7 Å². The number of rotatable bonds is 3. The number of esters is 1. The van der Waals surface area contributed by atoms with Crippen LogP contribution in [0.5, 0.6) is 11.6 Å². The second-order valence-corrected chi connectivity index (χ2v) is 9.08. The van der Waals surface area contributed by atoms with Crippen molar-refractivity contribution in [3.8, 4) is 11.6 Å². The number of aliphatic imine (C=N–C) groups is 1. The van der Waals surface area contributed by atoms with Crippen LogP contribution in [-0.2, 0) is 19.9 Å². The van der Waals surface area contributed by atoms with Crippen LogP contribution in [0.3, 0.4) is 0 Å². The minimum atomic E-state index is -0.653. The molecule has 10 heteroatoms. The second kappa shape index (κ2) is 7.52. The summed E-state index contributed by atoms with van der Waals surface area (Å²) in [7, 11) is 2.81. The lowest BCUT2D eigenvalue weighted by Crippen LogP contribution is -2.31. The minimum absolute atomic E-state index is 0.00889.